The summed E-state index contributed by atoms with van der Waals surface area (Å²) >= 11 is 0. The van der Waals surface area contributed by atoms with E-state index in [-0.39, 0.29) is 0 Å². The Morgan fingerprint density at radius 3 is 1.39 bits per heavy atom. The average molecular weight is 591 g/mol. The molecule has 0 N–H and O–H groups in total. The van der Waals surface area contributed by atoms with E-state index in [9.17, 15) is 10.5 Å². The van der Waals surface area contributed by atoms with Crippen molar-refractivity contribution >= 4 is 43.6 Å². The predicted molar refractivity (Wildman–Crippen MR) is 189 cm³/mol. The molecule has 4 heteroatoms. The van der Waals surface area contributed by atoms with Gasteiger partial charge in [-0.25, -0.2) is 0 Å². The summed E-state index contributed by atoms with van der Waals surface area (Å²) in [5.74, 6) is 0. The van der Waals surface area contributed by atoms with E-state index in [1.165, 1.54) is 33.0 Å². The van der Waals surface area contributed by atoms with Crippen LogP contribution in [0.1, 0.15) is 33.4 Å². The highest BCUT2D eigenvalue weighted by molar-refractivity contribution is 6.12. The van der Waals surface area contributed by atoms with Crippen molar-refractivity contribution in [3.05, 3.63) is 143 Å². The number of fused-ring (bicyclic) bond motifs is 6. The minimum atomic E-state index is 0.559. The van der Waals surface area contributed by atoms with Crippen LogP contribution < -0.4 is 0 Å². The first kappa shape index (κ1) is 27.4. The number of aryl methyl sites for hydroxylation is 4. The Labute approximate surface area is 267 Å². The number of hydrogen-bond donors (Lipinski definition) is 0. The number of hydrogen-bond acceptors (Lipinski definition) is 2. The predicted octanol–water partition coefficient (Wildman–Crippen LogP) is 10.5. The lowest BCUT2D eigenvalue weighted by Crippen LogP contribution is -2.07. The molecule has 0 unspecified atom stereocenters. The standard InChI is InChI=1S/C42H30N4/c1-25-8-12-37-33(16-25)34-17-26(2)9-13-38(34)45(37)41-22-31(30-7-5-6-29(20-30)23-43)21-32(24-44)42(41)46-39-14-10-27(3)18-35(39)36-19-28(4)11-15-40(36)46/h5-22H,1-4H3. The SMILES string of the molecule is Cc1ccc2c(c1)c1cc(C)ccc1n2-c1cc(-c2cccc(C#N)c2)cc(C#N)c1-n1c2ccc(C)cc2c2cc(C)ccc21. The van der Waals surface area contributed by atoms with Crippen LogP contribution in [0.4, 0.5) is 0 Å². The number of benzene rings is 6. The molecule has 0 saturated heterocycles. The summed E-state index contributed by atoms with van der Waals surface area (Å²) in [4.78, 5) is 0. The molecule has 0 saturated carbocycles. The number of rotatable bonds is 3. The minimum absolute atomic E-state index is 0.559. The summed E-state index contributed by atoms with van der Waals surface area (Å²) in [5.41, 5.74) is 13.7. The molecule has 0 aliphatic rings. The molecule has 4 nitrogen and oxygen atoms in total. The van der Waals surface area contributed by atoms with Gasteiger partial charge in [0.1, 0.15) is 6.07 Å². The van der Waals surface area contributed by atoms with Gasteiger partial charge in [-0.1, -0.05) is 58.7 Å². The molecular weight excluding hydrogens is 560 g/mol. The first-order chi connectivity index (χ1) is 22.3. The summed E-state index contributed by atoms with van der Waals surface area (Å²) in [6.07, 6.45) is 0. The lowest BCUT2D eigenvalue weighted by molar-refractivity contribution is 1.09. The summed E-state index contributed by atoms with van der Waals surface area (Å²) in [5, 5.41) is 25.3. The van der Waals surface area contributed by atoms with Crippen LogP contribution in [0.2, 0.25) is 0 Å². The average Bonchev–Trinajstić information content (AvgIpc) is 3.54. The zero-order valence-electron chi connectivity index (χ0n) is 26.2. The van der Waals surface area contributed by atoms with Gasteiger partial charge in [0.25, 0.3) is 0 Å². The van der Waals surface area contributed by atoms with E-state index in [2.05, 4.69) is 128 Å². The first-order valence-corrected chi connectivity index (χ1v) is 15.5. The summed E-state index contributed by atoms with van der Waals surface area (Å²) in [6, 6.07) is 43.0. The molecule has 2 aromatic heterocycles. The maximum Gasteiger partial charge on any atom is 0.101 e. The van der Waals surface area contributed by atoms with Gasteiger partial charge in [0, 0.05) is 21.5 Å². The highest BCUT2D eigenvalue weighted by atomic mass is 15.1. The van der Waals surface area contributed by atoms with E-state index in [0.29, 0.717) is 11.1 Å². The second-order valence-electron chi connectivity index (χ2n) is 12.4. The molecule has 8 aromatic rings. The van der Waals surface area contributed by atoms with Crippen molar-refractivity contribution in [1.82, 2.24) is 9.13 Å². The van der Waals surface area contributed by atoms with Crippen LogP contribution in [-0.2, 0) is 0 Å². The highest BCUT2D eigenvalue weighted by Gasteiger charge is 2.23. The Hall–Kier alpha value is -6.10. The van der Waals surface area contributed by atoms with Gasteiger partial charge in [0.05, 0.1) is 50.6 Å². The van der Waals surface area contributed by atoms with Gasteiger partial charge in [0.15, 0.2) is 0 Å². The highest BCUT2D eigenvalue weighted by Crippen LogP contribution is 2.42. The van der Waals surface area contributed by atoms with Crippen LogP contribution in [0.3, 0.4) is 0 Å². The van der Waals surface area contributed by atoms with E-state index in [4.69, 9.17) is 0 Å². The van der Waals surface area contributed by atoms with E-state index in [0.717, 1.165) is 55.3 Å². The molecule has 0 fully saturated rings. The zero-order valence-corrected chi connectivity index (χ0v) is 26.2. The normalized spacial score (nSPS) is 11.4. The zero-order chi connectivity index (χ0) is 31.7. The van der Waals surface area contributed by atoms with Crippen LogP contribution in [0.25, 0.3) is 66.1 Å². The van der Waals surface area contributed by atoms with Crippen molar-refractivity contribution in [2.75, 3.05) is 0 Å². The molecule has 0 spiro atoms. The first-order valence-electron chi connectivity index (χ1n) is 15.5. The third-order valence-corrected chi connectivity index (χ3v) is 9.15. The summed E-state index contributed by atoms with van der Waals surface area (Å²) in [6.45, 7) is 8.50. The fraction of sp³-hybridized carbons (Fsp3) is 0.0952. The van der Waals surface area contributed by atoms with Crippen LogP contribution >= 0.6 is 0 Å². The van der Waals surface area contributed by atoms with E-state index in [1.807, 2.05) is 30.3 Å². The topological polar surface area (TPSA) is 57.4 Å². The Bertz CT molecular complexity index is 2530. The molecule has 46 heavy (non-hydrogen) atoms. The van der Waals surface area contributed by atoms with Crippen LogP contribution in [-0.4, -0.2) is 9.13 Å². The quantitative estimate of drug-likeness (QED) is 0.206. The molecule has 0 amide bonds. The lowest BCUT2D eigenvalue weighted by Gasteiger charge is -2.20. The maximum absolute atomic E-state index is 10.9. The third-order valence-electron chi connectivity index (χ3n) is 9.15. The molecule has 0 aliphatic carbocycles. The van der Waals surface area contributed by atoms with Crippen LogP contribution in [0.15, 0.2) is 109 Å². The molecule has 8 rings (SSSR count). The van der Waals surface area contributed by atoms with Gasteiger partial charge >= 0.3 is 0 Å². The van der Waals surface area contributed by atoms with Gasteiger partial charge in [-0.2, -0.15) is 10.5 Å². The van der Waals surface area contributed by atoms with E-state index >= 15 is 0 Å². The second kappa shape index (κ2) is 10.2. The molecule has 0 radical (unpaired) electrons. The Morgan fingerprint density at radius 2 is 0.935 bits per heavy atom. The number of aromatic nitrogens is 2. The van der Waals surface area contributed by atoms with Crippen molar-refractivity contribution in [3.8, 4) is 34.6 Å². The second-order valence-corrected chi connectivity index (χ2v) is 12.4. The van der Waals surface area contributed by atoms with Crippen LogP contribution in [0.5, 0.6) is 0 Å². The van der Waals surface area contributed by atoms with Crippen molar-refractivity contribution in [3.63, 3.8) is 0 Å². The van der Waals surface area contributed by atoms with Gasteiger partial charge in [-0.05, 0) is 112 Å². The number of nitriles is 2. The fourth-order valence-electron chi connectivity index (χ4n) is 7.05. The molecular formula is C42H30N4. The van der Waals surface area contributed by atoms with Crippen molar-refractivity contribution < 1.29 is 0 Å². The number of nitrogens with zero attached hydrogens (tertiary/aromatic N) is 4. The fourth-order valence-corrected chi connectivity index (χ4v) is 7.05. The third kappa shape index (κ3) is 4.12. The molecule has 0 atom stereocenters. The molecule has 0 bridgehead atoms. The van der Waals surface area contributed by atoms with Gasteiger partial charge in [-0.3, -0.25) is 0 Å². The molecule has 6 aromatic carbocycles. The summed E-state index contributed by atoms with van der Waals surface area (Å²) in [7, 11) is 0. The lowest BCUT2D eigenvalue weighted by atomic mass is 9.98. The summed E-state index contributed by atoms with van der Waals surface area (Å²) < 4.78 is 4.59. The van der Waals surface area contributed by atoms with E-state index in [1.54, 1.807) is 0 Å². The molecule has 0 aliphatic heterocycles. The smallest absolute Gasteiger partial charge is 0.101 e. The van der Waals surface area contributed by atoms with E-state index < -0.39 is 0 Å². The monoisotopic (exact) mass is 590 g/mol. The largest absolute Gasteiger partial charge is 0.307 e. The van der Waals surface area contributed by atoms with Gasteiger partial charge in [0.2, 0.25) is 0 Å². The Morgan fingerprint density at radius 1 is 0.457 bits per heavy atom. The van der Waals surface area contributed by atoms with Crippen molar-refractivity contribution in [2.24, 2.45) is 0 Å². The van der Waals surface area contributed by atoms with Crippen molar-refractivity contribution in [1.29, 1.82) is 10.5 Å². The maximum atomic E-state index is 10.9. The minimum Gasteiger partial charge on any atom is -0.307 e. The Balaban J connectivity index is 1.60. The van der Waals surface area contributed by atoms with Gasteiger partial charge in [-0.15, -0.1) is 0 Å². The molecule has 2 heterocycles. The Kier molecular flexibility index (Phi) is 6.11. The van der Waals surface area contributed by atoms with Crippen LogP contribution in [0, 0.1) is 50.4 Å². The van der Waals surface area contributed by atoms with Gasteiger partial charge < -0.3 is 9.13 Å². The molecule has 218 valence electrons. The van der Waals surface area contributed by atoms with Crippen molar-refractivity contribution in [2.45, 2.75) is 27.7 Å².